The smallest absolute Gasteiger partial charge is 0.262 e. The molecule has 0 atom stereocenters. The summed E-state index contributed by atoms with van der Waals surface area (Å²) in [6, 6.07) is 13.9. The summed E-state index contributed by atoms with van der Waals surface area (Å²) in [4.78, 5) is 30.0. The summed E-state index contributed by atoms with van der Waals surface area (Å²) in [7, 11) is 0. The van der Waals surface area contributed by atoms with Gasteiger partial charge in [0, 0.05) is 38.4 Å². The van der Waals surface area contributed by atoms with Crippen LogP contribution in [0.1, 0.15) is 19.8 Å². The Morgan fingerprint density at radius 2 is 1.77 bits per heavy atom. The van der Waals surface area contributed by atoms with Crippen LogP contribution in [0.5, 0.6) is 0 Å². The van der Waals surface area contributed by atoms with Crippen LogP contribution in [0.15, 0.2) is 58.5 Å². The van der Waals surface area contributed by atoms with Crippen LogP contribution in [0, 0.1) is 5.82 Å². The Kier molecular flexibility index (Phi) is 6.72. The fourth-order valence-electron chi connectivity index (χ4n) is 4.43. The summed E-state index contributed by atoms with van der Waals surface area (Å²) in [5.41, 5.74) is 1.64. The Balaban J connectivity index is 1.31. The number of amides is 1. The second kappa shape index (κ2) is 10.1. The minimum atomic E-state index is -0.254. The fraction of sp³-hybridized carbons (Fsp3) is 0.360. The van der Waals surface area contributed by atoms with E-state index in [4.69, 9.17) is 0 Å². The average molecular weight is 495 g/mol. The standard InChI is InChI=1S/C25H27FN6O2S/c1-2-3-12-31-23(34)20-6-4-5-7-21(20)32-24(31)27-28-25(32)35-17-22(33)30-15-13-29(14-16-30)19-10-8-18(26)9-11-19/h4-11H,2-3,12-17H2,1H3. The number of anilines is 1. The number of aromatic nitrogens is 4. The van der Waals surface area contributed by atoms with Crippen LogP contribution in [-0.2, 0) is 11.3 Å². The van der Waals surface area contributed by atoms with Crippen LogP contribution in [0.3, 0.4) is 0 Å². The third-order valence-corrected chi connectivity index (χ3v) is 7.28. The van der Waals surface area contributed by atoms with Crippen LogP contribution in [0.4, 0.5) is 10.1 Å². The predicted molar refractivity (Wildman–Crippen MR) is 136 cm³/mol. The van der Waals surface area contributed by atoms with Crippen LogP contribution < -0.4 is 10.5 Å². The minimum absolute atomic E-state index is 0.0362. The summed E-state index contributed by atoms with van der Waals surface area (Å²) in [6.07, 6.45) is 1.83. The molecule has 0 saturated carbocycles. The number of carbonyl (C=O) groups excluding carboxylic acids is 1. The number of hydrogen-bond acceptors (Lipinski definition) is 6. The molecule has 1 fully saturated rings. The highest BCUT2D eigenvalue weighted by molar-refractivity contribution is 7.99. The number of thioether (sulfide) groups is 1. The van der Waals surface area contributed by atoms with Gasteiger partial charge in [-0.1, -0.05) is 37.2 Å². The minimum Gasteiger partial charge on any atom is -0.368 e. The molecule has 182 valence electrons. The van der Waals surface area contributed by atoms with E-state index in [0.717, 1.165) is 24.0 Å². The highest BCUT2D eigenvalue weighted by Crippen LogP contribution is 2.23. The molecule has 0 aliphatic carbocycles. The Morgan fingerprint density at radius 3 is 2.51 bits per heavy atom. The Bertz CT molecular complexity index is 1410. The van der Waals surface area contributed by atoms with Crippen LogP contribution in [0.25, 0.3) is 16.7 Å². The second-order valence-electron chi connectivity index (χ2n) is 8.58. The number of nitrogens with zero attached hydrogens (tertiary/aromatic N) is 6. The van der Waals surface area contributed by atoms with Gasteiger partial charge < -0.3 is 9.80 Å². The Hall–Kier alpha value is -3.40. The fourth-order valence-corrected chi connectivity index (χ4v) is 5.27. The molecule has 8 nitrogen and oxygen atoms in total. The van der Waals surface area contributed by atoms with E-state index in [1.807, 2.05) is 33.6 Å². The van der Waals surface area contributed by atoms with Crippen molar-refractivity contribution in [1.29, 1.82) is 0 Å². The van der Waals surface area contributed by atoms with Crippen molar-refractivity contribution < 1.29 is 9.18 Å². The molecule has 0 spiro atoms. The molecule has 35 heavy (non-hydrogen) atoms. The molecule has 5 rings (SSSR count). The SMILES string of the molecule is CCCCn1c(=O)c2ccccc2n2c(SCC(=O)N3CCN(c4ccc(F)cc4)CC3)nnc12. The highest BCUT2D eigenvalue weighted by atomic mass is 32.2. The monoisotopic (exact) mass is 494 g/mol. The number of carbonyl (C=O) groups is 1. The van der Waals surface area contributed by atoms with E-state index < -0.39 is 0 Å². The van der Waals surface area contributed by atoms with Gasteiger partial charge in [0.05, 0.1) is 16.7 Å². The first-order valence-corrected chi connectivity index (χ1v) is 12.8. The lowest BCUT2D eigenvalue weighted by Gasteiger charge is -2.36. The quantitative estimate of drug-likeness (QED) is 0.367. The first-order valence-electron chi connectivity index (χ1n) is 11.8. The maximum absolute atomic E-state index is 13.2. The molecule has 1 aliphatic rings. The van der Waals surface area contributed by atoms with E-state index in [1.165, 1.54) is 23.9 Å². The van der Waals surface area contributed by atoms with Gasteiger partial charge in [-0.25, -0.2) is 4.39 Å². The molecule has 1 saturated heterocycles. The lowest BCUT2D eigenvalue weighted by atomic mass is 10.2. The molecule has 0 N–H and O–H groups in total. The van der Waals surface area contributed by atoms with Gasteiger partial charge in [-0.05, 0) is 42.8 Å². The summed E-state index contributed by atoms with van der Waals surface area (Å²) < 4.78 is 16.8. The summed E-state index contributed by atoms with van der Waals surface area (Å²) in [5, 5.41) is 9.87. The molecule has 0 bridgehead atoms. The topological polar surface area (TPSA) is 75.7 Å². The molecule has 2 aromatic carbocycles. The van der Waals surface area contributed by atoms with Crippen molar-refractivity contribution in [3.05, 3.63) is 64.7 Å². The number of piperazine rings is 1. The summed E-state index contributed by atoms with van der Waals surface area (Å²) in [5.74, 6) is 0.523. The van der Waals surface area contributed by atoms with Gasteiger partial charge in [0.15, 0.2) is 5.16 Å². The van der Waals surface area contributed by atoms with Gasteiger partial charge >= 0.3 is 0 Å². The molecule has 0 unspecified atom stereocenters. The number of halogens is 1. The number of unbranched alkanes of at least 4 members (excludes halogenated alkanes) is 1. The predicted octanol–water partition coefficient (Wildman–Crippen LogP) is 3.42. The number of benzene rings is 2. The van der Waals surface area contributed by atoms with Crippen LogP contribution >= 0.6 is 11.8 Å². The van der Waals surface area contributed by atoms with Crippen molar-refractivity contribution >= 4 is 40.0 Å². The Morgan fingerprint density at radius 1 is 1.03 bits per heavy atom. The van der Waals surface area contributed by atoms with Crippen molar-refractivity contribution in [2.45, 2.75) is 31.5 Å². The maximum Gasteiger partial charge on any atom is 0.262 e. The zero-order valence-corrected chi connectivity index (χ0v) is 20.4. The zero-order valence-electron chi connectivity index (χ0n) is 19.6. The van der Waals surface area contributed by atoms with Crippen molar-refractivity contribution in [3.8, 4) is 0 Å². The lowest BCUT2D eigenvalue weighted by Crippen LogP contribution is -2.49. The van der Waals surface area contributed by atoms with Gasteiger partial charge in [0.2, 0.25) is 11.7 Å². The van der Waals surface area contributed by atoms with E-state index in [2.05, 4.69) is 22.0 Å². The van der Waals surface area contributed by atoms with Gasteiger partial charge in [-0.2, -0.15) is 0 Å². The largest absolute Gasteiger partial charge is 0.368 e. The van der Waals surface area contributed by atoms with E-state index in [9.17, 15) is 14.0 Å². The van der Waals surface area contributed by atoms with Crippen LogP contribution in [-0.4, -0.2) is 61.9 Å². The second-order valence-corrected chi connectivity index (χ2v) is 9.52. The van der Waals surface area contributed by atoms with E-state index in [0.29, 0.717) is 49.0 Å². The molecule has 0 radical (unpaired) electrons. The van der Waals surface area contributed by atoms with Gasteiger partial charge in [0.25, 0.3) is 5.56 Å². The molecule has 2 aromatic heterocycles. The average Bonchev–Trinajstić information content (AvgIpc) is 3.32. The molecule has 3 heterocycles. The number of aryl methyl sites for hydroxylation is 1. The van der Waals surface area contributed by atoms with Crippen molar-refractivity contribution in [2.24, 2.45) is 0 Å². The summed E-state index contributed by atoms with van der Waals surface area (Å²) >= 11 is 1.34. The number of rotatable bonds is 7. The van der Waals surface area contributed by atoms with E-state index in [-0.39, 0.29) is 23.0 Å². The van der Waals surface area contributed by atoms with Crippen molar-refractivity contribution in [3.63, 3.8) is 0 Å². The molecular weight excluding hydrogens is 467 g/mol. The normalized spacial score (nSPS) is 14.2. The van der Waals surface area contributed by atoms with E-state index >= 15 is 0 Å². The van der Waals surface area contributed by atoms with Gasteiger partial charge in [-0.15, -0.1) is 10.2 Å². The van der Waals surface area contributed by atoms with Crippen molar-refractivity contribution in [2.75, 3.05) is 36.8 Å². The van der Waals surface area contributed by atoms with Gasteiger partial charge in [-0.3, -0.25) is 18.6 Å². The van der Waals surface area contributed by atoms with Gasteiger partial charge in [0.1, 0.15) is 5.82 Å². The highest BCUT2D eigenvalue weighted by Gasteiger charge is 2.23. The van der Waals surface area contributed by atoms with E-state index in [1.54, 1.807) is 16.7 Å². The third-order valence-electron chi connectivity index (χ3n) is 6.36. The first kappa shape index (κ1) is 23.3. The molecule has 1 aliphatic heterocycles. The maximum atomic E-state index is 13.2. The van der Waals surface area contributed by atoms with Crippen LogP contribution in [0.2, 0.25) is 0 Å². The number of hydrogen-bond donors (Lipinski definition) is 0. The summed E-state index contributed by atoms with van der Waals surface area (Å²) in [6.45, 7) is 5.27. The zero-order chi connectivity index (χ0) is 24.4. The lowest BCUT2D eigenvalue weighted by molar-refractivity contribution is -0.128. The number of para-hydroxylation sites is 1. The molecular formula is C25H27FN6O2S. The number of fused-ring (bicyclic) bond motifs is 3. The Labute approximate surface area is 206 Å². The third kappa shape index (κ3) is 4.62. The first-order chi connectivity index (χ1) is 17.1. The molecule has 10 heteroatoms. The molecule has 4 aromatic rings. The molecule has 1 amide bonds. The van der Waals surface area contributed by atoms with Crippen molar-refractivity contribution in [1.82, 2.24) is 24.1 Å².